The molecule has 0 atom stereocenters. The number of benzene rings is 2. The van der Waals surface area contributed by atoms with E-state index in [-0.39, 0.29) is 17.7 Å². The molecule has 6 nitrogen and oxygen atoms in total. The van der Waals surface area contributed by atoms with Gasteiger partial charge in [-0.25, -0.2) is 4.79 Å². The lowest BCUT2D eigenvalue weighted by atomic mass is 10.0. The standard InChI is InChI=1S/C20H21N3O3/c24-19(15-6-2-1-3-7-15)21-16-10-12-22(13-11-16)14-23-17-8-4-5-9-18(17)26-20(23)25/h1-9,16H,10-14H2,(H,21,24). The molecule has 0 radical (unpaired) electrons. The first-order valence-corrected chi connectivity index (χ1v) is 8.87. The van der Waals surface area contributed by atoms with Crippen LogP contribution in [-0.2, 0) is 6.67 Å². The molecule has 26 heavy (non-hydrogen) atoms. The Kier molecular flexibility index (Phi) is 4.58. The van der Waals surface area contributed by atoms with Crippen LogP contribution < -0.4 is 11.1 Å². The van der Waals surface area contributed by atoms with Crippen LogP contribution in [-0.4, -0.2) is 34.5 Å². The van der Waals surface area contributed by atoms with E-state index < -0.39 is 0 Å². The molecule has 134 valence electrons. The van der Waals surface area contributed by atoms with Gasteiger partial charge in [0.2, 0.25) is 0 Å². The Morgan fingerprint density at radius 3 is 2.50 bits per heavy atom. The van der Waals surface area contributed by atoms with Gasteiger partial charge in [0.15, 0.2) is 5.58 Å². The molecule has 1 N–H and O–H groups in total. The maximum atomic E-state index is 12.3. The smallest absolute Gasteiger partial charge is 0.408 e. The van der Waals surface area contributed by atoms with E-state index in [1.807, 2.05) is 48.5 Å². The summed E-state index contributed by atoms with van der Waals surface area (Å²) < 4.78 is 6.95. The first kappa shape index (κ1) is 16.6. The molecule has 1 aliphatic heterocycles. The Morgan fingerprint density at radius 2 is 1.73 bits per heavy atom. The summed E-state index contributed by atoms with van der Waals surface area (Å²) in [6.07, 6.45) is 1.73. The topological polar surface area (TPSA) is 67.5 Å². The van der Waals surface area contributed by atoms with Crippen LogP contribution in [0.5, 0.6) is 0 Å². The van der Waals surface area contributed by atoms with Gasteiger partial charge in [-0.15, -0.1) is 0 Å². The number of para-hydroxylation sites is 2. The predicted molar refractivity (Wildman–Crippen MR) is 99.0 cm³/mol. The summed E-state index contributed by atoms with van der Waals surface area (Å²) in [7, 11) is 0. The maximum absolute atomic E-state index is 12.3. The summed E-state index contributed by atoms with van der Waals surface area (Å²) >= 11 is 0. The van der Waals surface area contributed by atoms with Crippen molar-refractivity contribution in [1.29, 1.82) is 0 Å². The Hall–Kier alpha value is -2.86. The van der Waals surface area contributed by atoms with Crippen LogP contribution in [0.3, 0.4) is 0 Å². The fourth-order valence-electron chi connectivity index (χ4n) is 3.42. The lowest BCUT2D eigenvalue weighted by Crippen LogP contribution is -2.45. The van der Waals surface area contributed by atoms with Gasteiger partial charge in [-0.3, -0.25) is 14.3 Å². The summed E-state index contributed by atoms with van der Waals surface area (Å²) in [5, 5.41) is 3.10. The fraction of sp³-hybridized carbons (Fsp3) is 0.300. The minimum absolute atomic E-state index is 0.0268. The van der Waals surface area contributed by atoms with E-state index in [0.717, 1.165) is 31.4 Å². The third kappa shape index (κ3) is 3.41. The minimum Gasteiger partial charge on any atom is -0.408 e. The first-order valence-electron chi connectivity index (χ1n) is 8.87. The van der Waals surface area contributed by atoms with E-state index >= 15 is 0 Å². The van der Waals surface area contributed by atoms with Crippen molar-refractivity contribution in [1.82, 2.24) is 14.8 Å². The second-order valence-corrected chi connectivity index (χ2v) is 6.64. The zero-order valence-electron chi connectivity index (χ0n) is 14.4. The van der Waals surface area contributed by atoms with Gasteiger partial charge in [0.25, 0.3) is 5.91 Å². The summed E-state index contributed by atoms with van der Waals surface area (Å²) in [5.41, 5.74) is 2.12. The number of aromatic nitrogens is 1. The highest BCUT2D eigenvalue weighted by molar-refractivity contribution is 5.94. The number of carbonyl (C=O) groups excluding carboxylic acids is 1. The third-order valence-corrected chi connectivity index (χ3v) is 4.87. The predicted octanol–water partition coefficient (Wildman–Crippen LogP) is 2.45. The number of likely N-dealkylation sites (tertiary alicyclic amines) is 1. The fourth-order valence-corrected chi connectivity index (χ4v) is 3.42. The molecular formula is C20H21N3O3. The molecule has 2 heterocycles. The number of hydrogen-bond acceptors (Lipinski definition) is 4. The number of nitrogens with one attached hydrogen (secondary N) is 1. The molecule has 1 amide bonds. The highest BCUT2D eigenvalue weighted by Gasteiger charge is 2.22. The van der Waals surface area contributed by atoms with Crippen molar-refractivity contribution in [2.24, 2.45) is 0 Å². The van der Waals surface area contributed by atoms with Crippen molar-refractivity contribution in [2.75, 3.05) is 13.1 Å². The van der Waals surface area contributed by atoms with Gasteiger partial charge in [-0.05, 0) is 37.1 Å². The molecule has 1 aromatic heterocycles. The van der Waals surface area contributed by atoms with Crippen molar-refractivity contribution in [3.63, 3.8) is 0 Å². The summed E-state index contributed by atoms with van der Waals surface area (Å²) in [6, 6.07) is 16.9. The molecule has 2 aromatic carbocycles. The van der Waals surface area contributed by atoms with Crippen molar-refractivity contribution in [3.05, 3.63) is 70.7 Å². The number of carbonyl (C=O) groups is 1. The number of oxazole rings is 1. The number of nitrogens with zero attached hydrogens (tertiary/aromatic N) is 2. The van der Waals surface area contributed by atoms with Crippen LogP contribution in [0.4, 0.5) is 0 Å². The van der Waals surface area contributed by atoms with Crippen LogP contribution in [0, 0.1) is 0 Å². The van der Waals surface area contributed by atoms with Crippen LogP contribution in [0.15, 0.2) is 63.8 Å². The molecular weight excluding hydrogens is 330 g/mol. The zero-order valence-corrected chi connectivity index (χ0v) is 14.4. The van der Waals surface area contributed by atoms with E-state index in [1.54, 1.807) is 10.6 Å². The van der Waals surface area contributed by atoms with Crippen LogP contribution >= 0.6 is 0 Å². The number of amides is 1. The SMILES string of the molecule is O=C(NC1CCN(Cn2c(=O)oc3ccccc32)CC1)c1ccccc1. The average molecular weight is 351 g/mol. The Bertz CT molecular complexity index is 953. The Labute approximate surface area is 151 Å². The van der Waals surface area contributed by atoms with Gasteiger partial charge in [-0.2, -0.15) is 0 Å². The lowest BCUT2D eigenvalue weighted by Gasteiger charge is -2.32. The van der Waals surface area contributed by atoms with E-state index in [1.165, 1.54) is 0 Å². The number of rotatable bonds is 4. The number of piperidine rings is 1. The highest BCUT2D eigenvalue weighted by atomic mass is 16.4. The van der Waals surface area contributed by atoms with Gasteiger partial charge in [0.05, 0.1) is 12.2 Å². The lowest BCUT2D eigenvalue weighted by molar-refractivity contribution is 0.0899. The molecule has 1 fully saturated rings. The molecule has 4 rings (SSSR count). The van der Waals surface area contributed by atoms with Gasteiger partial charge in [-0.1, -0.05) is 30.3 Å². The van der Waals surface area contributed by atoms with Crippen LogP contribution in [0.2, 0.25) is 0 Å². The molecule has 0 spiro atoms. The summed E-state index contributed by atoms with van der Waals surface area (Å²) in [4.78, 5) is 26.6. The van der Waals surface area contributed by atoms with Gasteiger partial charge >= 0.3 is 5.76 Å². The normalized spacial score (nSPS) is 16.0. The molecule has 0 aliphatic carbocycles. The first-order chi connectivity index (χ1) is 12.7. The highest BCUT2D eigenvalue weighted by Crippen LogP contribution is 2.16. The van der Waals surface area contributed by atoms with Crippen molar-refractivity contribution < 1.29 is 9.21 Å². The second kappa shape index (κ2) is 7.17. The van der Waals surface area contributed by atoms with Gasteiger partial charge < -0.3 is 9.73 Å². The zero-order chi connectivity index (χ0) is 17.9. The van der Waals surface area contributed by atoms with E-state index in [9.17, 15) is 9.59 Å². The van der Waals surface area contributed by atoms with Crippen molar-refractivity contribution >= 4 is 17.0 Å². The summed E-state index contributed by atoms with van der Waals surface area (Å²) in [5.74, 6) is -0.355. The van der Waals surface area contributed by atoms with Gasteiger partial charge in [0, 0.05) is 24.7 Å². The molecule has 1 saturated heterocycles. The molecule has 0 saturated carbocycles. The molecule has 3 aromatic rings. The third-order valence-electron chi connectivity index (χ3n) is 4.87. The molecule has 0 unspecified atom stereocenters. The number of hydrogen-bond donors (Lipinski definition) is 1. The second-order valence-electron chi connectivity index (χ2n) is 6.64. The van der Waals surface area contributed by atoms with E-state index in [4.69, 9.17) is 4.42 Å². The van der Waals surface area contributed by atoms with Gasteiger partial charge in [0.1, 0.15) is 0 Å². The Balaban J connectivity index is 1.36. The van der Waals surface area contributed by atoms with E-state index in [2.05, 4.69) is 10.2 Å². The largest absolute Gasteiger partial charge is 0.421 e. The molecule has 6 heteroatoms. The summed E-state index contributed by atoms with van der Waals surface area (Å²) in [6.45, 7) is 2.16. The molecule has 0 bridgehead atoms. The van der Waals surface area contributed by atoms with Crippen molar-refractivity contribution in [3.8, 4) is 0 Å². The maximum Gasteiger partial charge on any atom is 0.421 e. The number of fused-ring (bicyclic) bond motifs is 1. The minimum atomic E-state index is -0.328. The van der Waals surface area contributed by atoms with E-state index in [0.29, 0.717) is 17.8 Å². The quantitative estimate of drug-likeness (QED) is 0.784. The van der Waals surface area contributed by atoms with Crippen LogP contribution in [0.25, 0.3) is 11.1 Å². The van der Waals surface area contributed by atoms with Crippen LogP contribution in [0.1, 0.15) is 23.2 Å². The van der Waals surface area contributed by atoms with Crippen molar-refractivity contribution in [2.45, 2.75) is 25.6 Å². The molecule has 1 aliphatic rings. The Morgan fingerprint density at radius 1 is 1.04 bits per heavy atom. The average Bonchev–Trinajstić information content (AvgIpc) is 2.99. The monoisotopic (exact) mass is 351 g/mol.